The molecule has 1 fully saturated rings. The van der Waals surface area contributed by atoms with E-state index in [2.05, 4.69) is 5.32 Å². The van der Waals surface area contributed by atoms with E-state index in [4.69, 9.17) is 0 Å². The predicted molar refractivity (Wildman–Crippen MR) is 135 cm³/mol. The number of amides is 2. The molecule has 0 saturated carbocycles. The topological polar surface area (TPSA) is 49.4 Å². The molecule has 1 aliphatic rings. The third kappa shape index (κ3) is 5.08. The van der Waals surface area contributed by atoms with E-state index in [1.54, 1.807) is 0 Å². The van der Waals surface area contributed by atoms with Crippen LogP contribution in [0.25, 0.3) is 10.4 Å². The van der Waals surface area contributed by atoms with Gasteiger partial charge in [0.2, 0.25) is 5.91 Å². The van der Waals surface area contributed by atoms with Crippen molar-refractivity contribution < 1.29 is 9.59 Å². The van der Waals surface area contributed by atoms with E-state index in [1.807, 2.05) is 73.3 Å². The number of hydrogen-bond donors (Lipinski definition) is 1. The molecule has 2 heterocycles. The van der Waals surface area contributed by atoms with Crippen molar-refractivity contribution >= 4 is 39.9 Å². The molecule has 166 valence electrons. The first-order chi connectivity index (χ1) is 15.5. The lowest BCUT2D eigenvalue weighted by Crippen LogP contribution is -2.36. The molecule has 1 saturated heterocycles. The molecule has 0 unspecified atom stereocenters. The van der Waals surface area contributed by atoms with Gasteiger partial charge in [0.05, 0.1) is 11.3 Å². The number of likely N-dealkylation sites (tertiary alicyclic amines) is 1. The fourth-order valence-electron chi connectivity index (χ4n) is 4.00. The zero-order chi connectivity index (χ0) is 22.5. The Morgan fingerprint density at radius 3 is 2.38 bits per heavy atom. The third-order valence-electron chi connectivity index (χ3n) is 5.75. The van der Waals surface area contributed by atoms with E-state index in [0.29, 0.717) is 16.3 Å². The number of anilines is 1. The number of carbonyl (C=O) groups is 2. The molecule has 0 radical (unpaired) electrons. The second kappa shape index (κ2) is 10.4. The summed E-state index contributed by atoms with van der Waals surface area (Å²) < 4.78 is 0. The third-order valence-corrected chi connectivity index (χ3v) is 8.18. The van der Waals surface area contributed by atoms with Crippen LogP contribution in [0.15, 0.2) is 59.5 Å². The van der Waals surface area contributed by atoms with Gasteiger partial charge < -0.3 is 10.2 Å². The highest BCUT2D eigenvalue weighted by Crippen LogP contribution is 2.41. The molecule has 2 amide bonds. The maximum absolute atomic E-state index is 13.5. The fraction of sp³-hybridized carbons (Fsp3) is 0.308. The smallest absolute Gasteiger partial charge is 0.257 e. The summed E-state index contributed by atoms with van der Waals surface area (Å²) in [6.07, 6.45) is 3.24. The summed E-state index contributed by atoms with van der Waals surface area (Å²) in [5, 5.41) is 3.72. The minimum absolute atomic E-state index is 0.0301. The number of carbonyl (C=O) groups excluding carboxylic acids is 2. The highest BCUT2D eigenvalue weighted by Gasteiger charge is 2.27. The number of benzene rings is 2. The van der Waals surface area contributed by atoms with Crippen molar-refractivity contribution in [2.45, 2.75) is 38.0 Å². The van der Waals surface area contributed by atoms with Crippen molar-refractivity contribution in [1.82, 2.24) is 4.90 Å². The lowest BCUT2D eigenvalue weighted by Gasteiger charge is -2.27. The molecule has 0 bridgehead atoms. The van der Waals surface area contributed by atoms with Gasteiger partial charge in [0.1, 0.15) is 5.00 Å². The van der Waals surface area contributed by atoms with Crippen molar-refractivity contribution in [1.29, 1.82) is 0 Å². The standard InChI is InChI=1S/C26H28N2O2S2/c1-18-11-7-8-14-21(18)31-17-22(29)27-25-23(26(30)28-15-9-4-10-16-28)19(2)24(32-25)20-12-5-3-6-13-20/h3,5-8,11-14H,4,9-10,15-17H2,1-2H3,(H,27,29). The van der Waals surface area contributed by atoms with Crippen LogP contribution in [0.1, 0.15) is 40.7 Å². The Bertz CT molecular complexity index is 1100. The van der Waals surface area contributed by atoms with Crippen molar-refractivity contribution in [3.8, 4) is 10.4 Å². The van der Waals surface area contributed by atoms with Crippen molar-refractivity contribution in [3.05, 3.63) is 71.3 Å². The van der Waals surface area contributed by atoms with Crippen molar-refractivity contribution in [3.63, 3.8) is 0 Å². The Balaban J connectivity index is 1.60. The van der Waals surface area contributed by atoms with Crippen LogP contribution < -0.4 is 5.32 Å². The molecule has 0 aliphatic carbocycles. The van der Waals surface area contributed by atoms with Crippen molar-refractivity contribution in [2.75, 3.05) is 24.2 Å². The normalized spacial score (nSPS) is 13.8. The molecule has 4 rings (SSSR count). The molecule has 1 N–H and O–H groups in total. The van der Waals surface area contributed by atoms with Gasteiger partial charge in [-0.1, -0.05) is 48.5 Å². The predicted octanol–water partition coefficient (Wildman–Crippen LogP) is 6.39. The van der Waals surface area contributed by atoms with Crippen LogP contribution in [-0.4, -0.2) is 35.6 Å². The average molecular weight is 465 g/mol. The summed E-state index contributed by atoms with van der Waals surface area (Å²) >= 11 is 3.02. The molecule has 0 spiro atoms. The number of thioether (sulfide) groups is 1. The second-order valence-electron chi connectivity index (χ2n) is 8.08. The first-order valence-corrected chi connectivity index (χ1v) is 12.8. The van der Waals surface area contributed by atoms with Crippen LogP contribution in [0.3, 0.4) is 0 Å². The van der Waals surface area contributed by atoms with E-state index in [9.17, 15) is 9.59 Å². The van der Waals surface area contributed by atoms with Crippen LogP contribution in [0.2, 0.25) is 0 Å². The molecule has 1 aliphatic heterocycles. The number of rotatable bonds is 6. The largest absolute Gasteiger partial charge is 0.339 e. The first kappa shape index (κ1) is 22.6. The van der Waals surface area contributed by atoms with E-state index in [-0.39, 0.29) is 11.8 Å². The number of nitrogens with one attached hydrogen (secondary N) is 1. The van der Waals surface area contributed by atoms with Gasteiger partial charge in [-0.15, -0.1) is 23.1 Å². The van der Waals surface area contributed by atoms with Crippen LogP contribution in [-0.2, 0) is 4.79 Å². The average Bonchev–Trinajstić information content (AvgIpc) is 3.14. The molecule has 1 aromatic heterocycles. The lowest BCUT2D eigenvalue weighted by atomic mass is 10.0. The summed E-state index contributed by atoms with van der Waals surface area (Å²) in [5.74, 6) is 0.245. The summed E-state index contributed by atoms with van der Waals surface area (Å²) in [6.45, 7) is 5.61. The Morgan fingerprint density at radius 2 is 1.66 bits per heavy atom. The van der Waals surface area contributed by atoms with E-state index in [0.717, 1.165) is 52.4 Å². The van der Waals surface area contributed by atoms with Crippen LogP contribution in [0.4, 0.5) is 5.00 Å². The summed E-state index contributed by atoms with van der Waals surface area (Å²) in [4.78, 5) is 30.4. The first-order valence-electron chi connectivity index (χ1n) is 11.0. The Kier molecular flexibility index (Phi) is 7.33. The van der Waals surface area contributed by atoms with Gasteiger partial charge >= 0.3 is 0 Å². The van der Waals surface area contributed by atoms with E-state index < -0.39 is 0 Å². The van der Waals surface area contributed by atoms with Crippen LogP contribution in [0.5, 0.6) is 0 Å². The number of thiophene rings is 1. The van der Waals surface area contributed by atoms with Gasteiger partial charge in [0.15, 0.2) is 0 Å². The van der Waals surface area contributed by atoms with Crippen molar-refractivity contribution in [2.24, 2.45) is 0 Å². The fourth-order valence-corrected chi connectivity index (χ4v) is 6.05. The van der Waals surface area contributed by atoms with Gasteiger partial charge in [0.25, 0.3) is 5.91 Å². The highest BCUT2D eigenvalue weighted by molar-refractivity contribution is 8.00. The number of aryl methyl sites for hydroxylation is 1. The summed E-state index contributed by atoms with van der Waals surface area (Å²) in [5.41, 5.74) is 3.81. The minimum Gasteiger partial charge on any atom is -0.339 e. The van der Waals surface area contributed by atoms with Gasteiger partial charge in [-0.25, -0.2) is 0 Å². The van der Waals surface area contributed by atoms with Crippen LogP contribution >= 0.6 is 23.1 Å². The number of hydrogen-bond acceptors (Lipinski definition) is 4. The van der Waals surface area contributed by atoms with Gasteiger partial charge in [-0.3, -0.25) is 9.59 Å². The number of piperidine rings is 1. The SMILES string of the molecule is Cc1ccccc1SCC(=O)Nc1sc(-c2ccccc2)c(C)c1C(=O)N1CCCCC1. The molecule has 4 nitrogen and oxygen atoms in total. The molecule has 0 atom stereocenters. The summed E-state index contributed by atoms with van der Waals surface area (Å²) in [7, 11) is 0. The zero-order valence-electron chi connectivity index (χ0n) is 18.5. The van der Waals surface area contributed by atoms with E-state index >= 15 is 0 Å². The minimum atomic E-state index is -0.0909. The molecule has 3 aromatic rings. The Labute approximate surface area is 198 Å². The lowest BCUT2D eigenvalue weighted by molar-refractivity contribution is -0.113. The van der Waals surface area contributed by atoms with Gasteiger partial charge in [0, 0.05) is 22.9 Å². The van der Waals surface area contributed by atoms with E-state index in [1.165, 1.54) is 29.5 Å². The Morgan fingerprint density at radius 1 is 0.969 bits per heavy atom. The quantitative estimate of drug-likeness (QED) is 0.430. The Hall–Kier alpha value is -2.57. The molecular weight excluding hydrogens is 436 g/mol. The van der Waals surface area contributed by atoms with Gasteiger partial charge in [-0.2, -0.15) is 0 Å². The van der Waals surface area contributed by atoms with Gasteiger partial charge in [-0.05, 0) is 55.9 Å². The molecular formula is C26H28N2O2S2. The maximum atomic E-state index is 13.5. The molecule has 6 heteroatoms. The molecule has 32 heavy (non-hydrogen) atoms. The molecule has 2 aromatic carbocycles. The maximum Gasteiger partial charge on any atom is 0.257 e. The summed E-state index contributed by atoms with van der Waals surface area (Å²) in [6, 6.07) is 18.1. The number of nitrogens with zero attached hydrogens (tertiary/aromatic N) is 1. The second-order valence-corrected chi connectivity index (χ2v) is 10.1. The highest BCUT2D eigenvalue weighted by atomic mass is 32.2. The zero-order valence-corrected chi connectivity index (χ0v) is 20.2. The monoisotopic (exact) mass is 464 g/mol. The van der Waals surface area contributed by atoms with Crippen LogP contribution in [0, 0.1) is 13.8 Å².